The van der Waals surface area contributed by atoms with Crippen molar-refractivity contribution in [3.05, 3.63) is 17.6 Å². The SMILES string of the molecule is CC1C=C(C(=O)O)N2C(=O)C(NC(=O)/C(=N/OC3CCCC3)c3nsc(N)n3)C2S1. The van der Waals surface area contributed by atoms with E-state index in [4.69, 9.17) is 10.6 Å². The lowest BCUT2D eigenvalue weighted by molar-refractivity contribution is -0.150. The number of nitrogen functional groups attached to an aromatic ring is 1. The maximum Gasteiger partial charge on any atom is 0.352 e. The van der Waals surface area contributed by atoms with Crippen molar-refractivity contribution < 1.29 is 24.3 Å². The van der Waals surface area contributed by atoms with Crippen LogP contribution in [0.15, 0.2) is 16.9 Å². The van der Waals surface area contributed by atoms with Crippen molar-refractivity contribution in [1.29, 1.82) is 0 Å². The first-order valence-corrected chi connectivity index (χ1v) is 11.1. The Hall–Kier alpha value is -2.67. The number of oxime groups is 1. The van der Waals surface area contributed by atoms with Crippen molar-refractivity contribution in [3.63, 3.8) is 0 Å². The van der Waals surface area contributed by atoms with Gasteiger partial charge in [0.05, 0.1) is 0 Å². The van der Waals surface area contributed by atoms with Crippen LogP contribution in [0.5, 0.6) is 0 Å². The fraction of sp³-hybridized carbons (Fsp3) is 0.529. The molecule has 4 N–H and O–H groups in total. The summed E-state index contributed by atoms with van der Waals surface area (Å²) in [6.07, 6.45) is 5.20. The summed E-state index contributed by atoms with van der Waals surface area (Å²) in [4.78, 5) is 47.6. The minimum absolute atomic E-state index is 0.0208. The minimum atomic E-state index is -1.18. The van der Waals surface area contributed by atoms with E-state index in [2.05, 4.69) is 19.8 Å². The number of nitrogens with two attached hydrogens (primary N) is 1. The predicted molar refractivity (Wildman–Crippen MR) is 110 cm³/mol. The Morgan fingerprint density at radius 2 is 2.13 bits per heavy atom. The number of amides is 2. The molecule has 4 rings (SSSR count). The average Bonchev–Trinajstić information content (AvgIpc) is 3.37. The highest BCUT2D eigenvalue weighted by atomic mass is 32.2. The predicted octanol–water partition coefficient (Wildman–Crippen LogP) is 0.541. The lowest BCUT2D eigenvalue weighted by atomic mass is 10.0. The zero-order valence-electron chi connectivity index (χ0n) is 16.0. The van der Waals surface area contributed by atoms with Gasteiger partial charge in [-0.1, -0.05) is 5.16 Å². The zero-order valence-corrected chi connectivity index (χ0v) is 17.6. The highest BCUT2D eigenvalue weighted by Gasteiger charge is 2.54. The second kappa shape index (κ2) is 8.22. The van der Waals surface area contributed by atoms with E-state index in [0.29, 0.717) is 0 Å². The molecule has 3 heterocycles. The number of anilines is 1. The average molecular weight is 453 g/mol. The quantitative estimate of drug-likeness (QED) is 0.318. The molecule has 2 aliphatic heterocycles. The number of aliphatic carboxylic acids is 1. The Labute approximate surface area is 179 Å². The summed E-state index contributed by atoms with van der Waals surface area (Å²) in [6.45, 7) is 1.83. The smallest absolute Gasteiger partial charge is 0.352 e. The third-order valence-corrected chi connectivity index (χ3v) is 6.89. The van der Waals surface area contributed by atoms with Crippen LogP contribution in [0.4, 0.5) is 5.13 Å². The number of carbonyl (C=O) groups is 3. The van der Waals surface area contributed by atoms with Crippen molar-refractivity contribution in [1.82, 2.24) is 19.6 Å². The van der Waals surface area contributed by atoms with Gasteiger partial charge >= 0.3 is 5.97 Å². The van der Waals surface area contributed by atoms with Gasteiger partial charge in [-0.25, -0.2) is 4.79 Å². The van der Waals surface area contributed by atoms with Gasteiger partial charge in [0.2, 0.25) is 11.5 Å². The summed E-state index contributed by atoms with van der Waals surface area (Å²) < 4.78 is 4.03. The first-order valence-electron chi connectivity index (χ1n) is 9.43. The third kappa shape index (κ3) is 3.86. The molecule has 2 fully saturated rings. The number of rotatable bonds is 6. The van der Waals surface area contributed by atoms with E-state index >= 15 is 0 Å². The van der Waals surface area contributed by atoms with Gasteiger partial charge in [0, 0.05) is 16.8 Å². The Bertz CT molecular complexity index is 941. The molecule has 0 spiro atoms. The number of fused-ring (bicyclic) bond motifs is 1. The van der Waals surface area contributed by atoms with Crippen LogP contribution in [0.2, 0.25) is 0 Å². The minimum Gasteiger partial charge on any atom is -0.477 e. The molecule has 13 heteroatoms. The lowest BCUT2D eigenvalue weighted by Gasteiger charge is -2.49. The van der Waals surface area contributed by atoms with Crippen LogP contribution in [0.1, 0.15) is 38.4 Å². The largest absolute Gasteiger partial charge is 0.477 e. The van der Waals surface area contributed by atoms with Gasteiger partial charge in [0.15, 0.2) is 5.13 Å². The normalized spacial score (nSPS) is 26.6. The number of carbonyl (C=O) groups excluding carboxylic acids is 2. The number of nitrogens with zero attached hydrogens (tertiary/aromatic N) is 4. The maximum absolute atomic E-state index is 12.9. The molecule has 1 aromatic heterocycles. The third-order valence-electron chi connectivity index (χ3n) is 5.02. The Kier molecular flexibility index (Phi) is 5.64. The van der Waals surface area contributed by atoms with E-state index in [1.165, 1.54) is 22.7 Å². The monoisotopic (exact) mass is 452 g/mol. The van der Waals surface area contributed by atoms with Crippen LogP contribution in [0.25, 0.3) is 0 Å². The van der Waals surface area contributed by atoms with E-state index in [1.807, 2.05) is 6.92 Å². The van der Waals surface area contributed by atoms with Crippen LogP contribution in [-0.4, -0.2) is 65.6 Å². The molecule has 0 radical (unpaired) electrons. The highest BCUT2D eigenvalue weighted by Crippen LogP contribution is 2.40. The van der Waals surface area contributed by atoms with Gasteiger partial charge in [0.1, 0.15) is 23.2 Å². The van der Waals surface area contributed by atoms with E-state index in [0.717, 1.165) is 37.2 Å². The van der Waals surface area contributed by atoms with Crippen LogP contribution >= 0.6 is 23.3 Å². The molecule has 1 aromatic rings. The summed E-state index contributed by atoms with van der Waals surface area (Å²) in [5.41, 5.74) is 5.40. The van der Waals surface area contributed by atoms with Crippen LogP contribution < -0.4 is 11.1 Å². The molecular formula is C17H20N6O5S2. The van der Waals surface area contributed by atoms with Crippen LogP contribution in [-0.2, 0) is 19.2 Å². The fourth-order valence-corrected chi connectivity index (χ4v) is 5.34. The molecule has 30 heavy (non-hydrogen) atoms. The van der Waals surface area contributed by atoms with Gasteiger partial charge in [0.25, 0.3) is 11.8 Å². The van der Waals surface area contributed by atoms with Crippen molar-refractivity contribution in [2.75, 3.05) is 5.73 Å². The maximum atomic E-state index is 12.9. The van der Waals surface area contributed by atoms with E-state index in [1.54, 1.807) is 0 Å². The summed E-state index contributed by atoms with van der Waals surface area (Å²) in [6, 6.07) is -0.888. The molecule has 160 valence electrons. The molecule has 0 bridgehead atoms. The first kappa shape index (κ1) is 20.6. The number of thioether (sulfide) groups is 1. The van der Waals surface area contributed by atoms with Gasteiger partial charge in [-0.2, -0.15) is 9.36 Å². The van der Waals surface area contributed by atoms with Crippen molar-refractivity contribution in [3.8, 4) is 0 Å². The standard InChI is InChI=1S/C17H20N6O5S2/c1-7-6-9(16(26)27)23-14(25)11(15(23)29-7)19-13(24)10(12-20-17(18)30-22-12)21-28-8-4-2-3-5-8/h6-8,11,15H,2-5H2,1H3,(H,19,24)(H,26,27)(H2,18,20,22)/b21-10+. The topological polar surface area (TPSA) is 160 Å². The van der Waals surface area contributed by atoms with Gasteiger partial charge < -0.3 is 21.0 Å². The Morgan fingerprint density at radius 3 is 2.77 bits per heavy atom. The molecule has 1 aliphatic carbocycles. The van der Waals surface area contributed by atoms with Crippen molar-refractivity contribution >= 4 is 51.9 Å². The highest BCUT2D eigenvalue weighted by molar-refractivity contribution is 8.00. The van der Waals surface area contributed by atoms with E-state index in [9.17, 15) is 19.5 Å². The van der Waals surface area contributed by atoms with Gasteiger partial charge in [-0.3, -0.25) is 14.5 Å². The molecular weight excluding hydrogens is 432 g/mol. The molecule has 1 saturated heterocycles. The fourth-order valence-electron chi connectivity index (χ4n) is 3.57. The first-order chi connectivity index (χ1) is 14.3. The molecule has 1 saturated carbocycles. The van der Waals surface area contributed by atoms with Gasteiger partial charge in [-0.15, -0.1) is 11.8 Å². The Morgan fingerprint density at radius 1 is 1.40 bits per heavy atom. The number of hydrogen-bond donors (Lipinski definition) is 3. The van der Waals surface area contributed by atoms with E-state index < -0.39 is 29.2 Å². The molecule has 3 unspecified atom stereocenters. The van der Waals surface area contributed by atoms with Gasteiger partial charge in [-0.05, 0) is 38.7 Å². The van der Waals surface area contributed by atoms with Crippen molar-refractivity contribution in [2.24, 2.45) is 5.16 Å². The summed E-state index contributed by atoms with van der Waals surface area (Å²) >= 11 is 2.30. The number of nitrogens with one attached hydrogen (secondary N) is 1. The molecule has 3 aliphatic rings. The second-order valence-electron chi connectivity index (χ2n) is 7.16. The van der Waals surface area contributed by atoms with Crippen LogP contribution in [0, 0.1) is 0 Å². The number of carboxylic acids is 1. The summed E-state index contributed by atoms with van der Waals surface area (Å²) in [5, 5.41) is 15.5. The van der Waals surface area contributed by atoms with Crippen LogP contribution in [0.3, 0.4) is 0 Å². The number of hydrogen-bond acceptors (Lipinski definition) is 10. The number of aromatic nitrogens is 2. The number of carboxylic acid groups (broad SMARTS) is 1. The molecule has 11 nitrogen and oxygen atoms in total. The zero-order chi connectivity index (χ0) is 21.4. The summed E-state index contributed by atoms with van der Waals surface area (Å²) in [7, 11) is 0. The van der Waals surface area contributed by atoms with Crippen molar-refractivity contribution in [2.45, 2.75) is 55.4 Å². The molecule has 2 amide bonds. The summed E-state index contributed by atoms with van der Waals surface area (Å²) in [5.74, 6) is -2.33. The lowest BCUT2D eigenvalue weighted by Crippen LogP contribution is -2.71. The second-order valence-corrected chi connectivity index (χ2v) is 9.44. The number of β-lactam (4-membered cyclic amide) rings is 1. The Balaban J connectivity index is 1.51. The van der Waals surface area contributed by atoms with E-state index in [-0.39, 0.29) is 33.7 Å². The molecule has 3 atom stereocenters. The molecule has 0 aromatic carbocycles.